The predicted octanol–water partition coefficient (Wildman–Crippen LogP) is 1.20. The monoisotopic (exact) mass is 208 g/mol. The summed E-state index contributed by atoms with van der Waals surface area (Å²) in [5, 5.41) is 3.00. The van der Waals surface area contributed by atoms with E-state index >= 15 is 0 Å². The average molecular weight is 208 g/mol. The van der Waals surface area contributed by atoms with Crippen molar-refractivity contribution in [2.75, 3.05) is 6.54 Å². The molecular formula is C12H20N2O. The molecular weight excluding hydrogens is 188 g/mol. The Balaban J connectivity index is 1.62. The van der Waals surface area contributed by atoms with Gasteiger partial charge in [0.1, 0.15) is 0 Å². The van der Waals surface area contributed by atoms with Crippen molar-refractivity contribution in [3.05, 3.63) is 12.2 Å². The molecule has 0 saturated heterocycles. The molecule has 0 aromatic carbocycles. The first-order valence-electron chi connectivity index (χ1n) is 5.97. The molecule has 2 atom stereocenters. The van der Waals surface area contributed by atoms with Gasteiger partial charge in [-0.15, -0.1) is 0 Å². The Morgan fingerprint density at radius 2 is 2.20 bits per heavy atom. The zero-order valence-corrected chi connectivity index (χ0v) is 9.11. The third-order valence-electron chi connectivity index (χ3n) is 3.53. The van der Waals surface area contributed by atoms with Gasteiger partial charge in [0.25, 0.3) is 0 Å². The van der Waals surface area contributed by atoms with Gasteiger partial charge in [-0.2, -0.15) is 0 Å². The first-order valence-corrected chi connectivity index (χ1v) is 5.97. The highest BCUT2D eigenvalue weighted by atomic mass is 16.1. The van der Waals surface area contributed by atoms with Gasteiger partial charge in [-0.1, -0.05) is 31.4 Å². The van der Waals surface area contributed by atoms with Crippen molar-refractivity contribution in [1.82, 2.24) is 5.32 Å². The zero-order chi connectivity index (χ0) is 10.7. The van der Waals surface area contributed by atoms with E-state index in [4.69, 9.17) is 5.73 Å². The molecule has 2 rings (SSSR count). The molecule has 0 heterocycles. The zero-order valence-electron chi connectivity index (χ0n) is 9.11. The molecule has 0 radical (unpaired) electrons. The van der Waals surface area contributed by atoms with Crippen molar-refractivity contribution in [3.63, 3.8) is 0 Å². The van der Waals surface area contributed by atoms with Crippen LogP contribution in [-0.2, 0) is 4.79 Å². The van der Waals surface area contributed by atoms with Gasteiger partial charge in [0.15, 0.2) is 0 Å². The summed E-state index contributed by atoms with van der Waals surface area (Å²) < 4.78 is 0. The van der Waals surface area contributed by atoms with Crippen molar-refractivity contribution < 1.29 is 4.79 Å². The smallest absolute Gasteiger partial charge is 0.226 e. The summed E-state index contributed by atoms with van der Waals surface area (Å²) in [5.41, 5.74) is 5.70. The second-order valence-corrected chi connectivity index (χ2v) is 4.77. The van der Waals surface area contributed by atoms with E-state index in [1.165, 1.54) is 19.3 Å². The molecule has 3 N–H and O–H groups in total. The summed E-state index contributed by atoms with van der Waals surface area (Å²) in [6.07, 6.45) is 9.86. The molecule has 2 aliphatic rings. The third-order valence-corrected chi connectivity index (χ3v) is 3.53. The van der Waals surface area contributed by atoms with Crippen molar-refractivity contribution in [1.29, 1.82) is 0 Å². The van der Waals surface area contributed by atoms with Gasteiger partial charge in [0.2, 0.25) is 5.91 Å². The fraction of sp³-hybridized carbons (Fsp3) is 0.750. The van der Waals surface area contributed by atoms with Crippen LogP contribution in [0.15, 0.2) is 12.2 Å². The molecule has 2 unspecified atom stereocenters. The normalized spacial score (nSPS) is 30.2. The van der Waals surface area contributed by atoms with E-state index in [-0.39, 0.29) is 17.9 Å². The molecule has 0 aromatic heterocycles. The fourth-order valence-electron chi connectivity index (χ4n) is 2.23. The Kier molecular flexibility index (Phi) is 3.41. The summed E-state index contributed by atoms with van der Waals surface area (Å²) in [6, 6.07) is 0.0763. The van der Waals surface area contributed by atoms with Gasteiger partial charge < -0.3 is 11.1 Å². The van der Waals surface area contributed by atoms with Crippen molar-refractivity contribution in [2.45, 2.75) is 38.1 Å². The van der Waals surface area contributed by atoms with Gasteiger partial charge in [-0.25, -0.2) is 0 Å². The van der Waals surface area contributed by atoms with E-state index in [2.05, 4.69) is 5.32 Å². The predicted molar refractivity (Wildman–Crippen MR) is 60.2 cm³/mol. The Morgan fingerprint density at radius 1 is 1.40 bits per heavy atom. The molecule has 0 spiro atoms. The van der Waals surface area contributed by atoms with Gasteiger partial charge in [0.05, 0.1) is 5.92 Å². The van der Waals surface area contributed by atoms with Crippen LogP contribution in [0.4, 0.5) is 0 Å². The average Bonchev–Trinajstić information content (AvgIpc) is 2.56. The second kappa shape index (κ2) is 4.79. The SMILES string of the molecule is NC1C=CC(C(=O)NCCC2CCC2)C1. The molecule has 3 heteroatoms. The molecule has 84 valence electrons. The largest absolute Gasteiger partial charge is 0.356 e. The van der Waals surface area contributed by atoms with Crippen LogP contribution >= 0.6 is 0 Å². The molecule has 0 bridgehead atoms. The minimum Gasteiger partial charge on any atom is -0.356 e. The van der Waals surface area contributed by atoms with Crippen LogP contribution in [0.3, 0.4) is 0 Å². The first kappa shape index (κ1) is 10.7. The Hall–Kier alpha value is -0.830. The molecule has 2 aliphatic carbocycles. The molecule has 15 heavy (non-hydrogen) atoms. The number of nitrogens with one attached hydrogen (secondary N) is 1. The summed E-state index contributed by atoms with van der Waals surface area (Å²) >= 11 is 0. The number of hydrogen-bond acceptors (Lipinski definition) is 2. The van der Waals surface area contributed by atoms with E-state index in [9.17, 15) is 4.79 Å². The lowest BCUT2D eigenvalue weighted by atomic mass is 9.83. The van der Waals surface area contributed by atoms with Crippen LogP contribution in [0.1, 0.15) is 32.1 Å². The molecule has 1 amide bonds. The molecule has 3 nitrogen and oxygen atoms in total. The van der Waals surface area contributed by atoms with Gasteiger partial charge >= 0.3 is 0 Å². The van der Waals surface area contributed by atoms with Crippen LogP contribution < -0.4 is 11.1 Å². The fourth-order valence-corrected chi connectivity index (χ4v) is 2.23. The minimum absolute atomic E-state index is 0.0152. The lowest BCUT2D eigenvalue weighted by molar-refractivity contribution is -0.123. The number of hydrogen-bond donors (Lipinski definition) is 2. The molecule has 0 aromatic rings. The Morgan fingerprint density at radius 3 is 2.73 bits per heavy atom. The van der Waals surface area contributed by atoms with Gasteiger partial charge in [-0.05, 0) is 18.8 Å². The van der Waals surface area contributed by atoms with Crippen LogP contribution in [0.25, 0.3) is 0 Å². The standard InChI is InChI=1S/C12H20N2O/c13-11-5-4-10(8-11)12(15)14-7-6-9-2-1-3-9/h4-5,9-11H,1-3,6-8,13H2,(H,14,15). The summed E-state index contributed by atoms with van der Waals surface area (Å²) in [5.74, 6) is 1.03. The maximum atomic E-state index is 11.7. The van der Waals surface area contributed by atoms with Crippen molar-refractivity contribution in [3.8, 4) is 0 Å². The van der Waals surface area contributed by atoms with Crippen LogP contribution in [0.2, 0.25) is 0 Å². The highest BCUT2D eigenvalue weighted by molar-refractivity contribution is 5.81. The van der Waals surface area contributed by atoms with Crippen LogP contribution in [-0.4, -0.2) is 18.5 Å². The van der Waals surface area contributed by atoms with E-state index in [1.807, 2.05) is 12.2 Å². The van der Waals surface area contributed by atoms with E-state index < -0.39 is 0 Å². The van der Waals surface area contributed by atoms with Crippen molar-refractivity contribution in [2.24, 2.45) is 17.6 Å². The third kappa shape index (κ3) is 2.81. The molecule has 0 aliphatic heterocycles. The lowest BCUT2D eigenvalue weighted by Gasteiger charge is -2.25. The first-order chi connectivity index (χ1) is 7.25. The lowest BCUT2D eigenvalue weighted by Crippen LogP contribution is -2.32. The summed E-state index contributed by atoms with van der Waals surface area (Å²) in [6.45, 7) is 0.836. The number of carbonyl (C=O) groups is 1. The minimum atomic E-state index is 0.0152. The van der Waals surface area contributed by atoms with Crippen LogP contribution in [0, 0.1) is 11.8 Å². The van der Waals surface area contributed by atoms with Crippen LogP contribution in [0.5, 0.6) is 0 Å². The maximum Gasteiger partial charge on any atom is 0.226 e. The second-order valence-electron chi connectivity index (χ2n) is 4.77. The quantitative estimate of drug-likeness (QED) is 0.682. The van der Waals surface area contributed by atoms with Crippen molar-refractivity contribution >= 4 is 5.91 Å². The van der Waals surface area contributed by atoms with E-state index in [0.29, 0.717) is 0 Å². The highest BCUT2D eigenvalue weighted by Crippen LogP contribution is 2.28. The van der Waals surface area contributed by atoms with E-state index in [1.54, 1.807) is 0 Å². The number of rotatable bonds is 4. The van der Waals surface area contributed by atoms with E-state index in [0.717, 1.165) is 25.3 Å². The maximum absolute atomic E-state index is 11.7. The number of amides is 1. The highest BCUT2D eigenvalue weighted by Gasteiger charge is 2.23. The number of nitrogens with two attached hydrogens (primary N) is 1. The number of carbonyl (C=O) groups excluding carboxylic acids is 1. The topological polar surface area (TPSA) is 55.1 Å². The molecule has 1 fully saturated rings. The molecule has 1 saturated carbocycles. The van der Waals surface area contributed by atoms with Gasteiger partial charge in [-0.3, -0.25) is 4.79 Å². The van der Waals surface area contributed by atoms with Gasteiger partial charge in [0, 0.05) is 12.6 Å². The summed E-state index contributed by atoms with van der Waals surface area (Å²) in [4.78, 5) is 11.7. The Labute approximate surface area is 91.1 Å². The summed E-state index contributed by atoms with van der Waals surface area (Å²) in [7, 11) is 0. The Bertz CT molecular complexity index is 258.